The van der Waals surface area contributed by atoms with E-state index in [1.54, 1.807) is 30.5 Å². The van der Waals surface area contributed by atoms with E-state index in [0.717, 1.165) is 16.8 Å². The molecule has 0 radical (unpaired) electrons. The summed E-state index contributed by atoms with van der Waals surface area (Å²) in [5.74, 6) is 0. The van der Waals surface area contributed by atoms with Crippen molar-refractivity contribution in [3.05, 3.63) is 74.5 Å². The quantitative estimate of drug-likeness (QED) is 0.589. The van der Waals surface area contributed by atoms with Gasteiger partial charge in [0.1, 0.15) is 0 Å². The zero-order valence-corrected chi connectivity index (χ0v) is 19.1. The summed E-state index contributed by atoms with van der Waals surface area (Å²) in [5.41, 5.74) is 3.42. The topological polar surface area (TPSA) is 87.2 Å². The highest BCUT2D eigenvalue weighted by Gasteiger charge is 2.21. The fourth-order valence-electron chi connectivity index (χ4n) is 3.28. The molecule has 3 rings (SSSR count). The van der Waals surface area contributed by atoms with Crippen LogP contribution in [0.1, 0.15) is 25.0 Å². The van der Waals surface area contributed by atoms with Gasteiger partial charge in [-0.3, -0.25) is 9.89 Å². The third kappa shape index (κ3) is 4.50. The van der Waals surface area contributed by atoms with E-state index in [9.17, 15) is 13.2 Å². The molecule has 0 aliphatic rings. The Morgan fingerprint density at radius 3 is 2.29 bits per heavy atom. The van der Waals surface area contributed by atoms with Gasteiger partial charge in [-0.2, -0.15) is 4.31 Å². The van der Waals surface area contributed by atoms with Crippen LogP contribution in [0.3, 0.4) is 0 Å². The van der Waals surface area contributed by atoms with Crippen LogP contribution in [-0.4, -0.2) is 35.6 Å². The van der Waals surface area contributed by atoms with E-state index in [1.807, 2.05) is 45.9 Å². The fourth-order valence-corrected chi connectivity index (χ4v) is 4.74. The molecule has 164 valence electrons. The molecule has 0 aliphatic heterocycles. The number of anilines is 1. The molecular formula is C23H28N4O3S. The van der Waals surface area contributed by atoms with Crippen LogP contribution in [0.5, 0.6) is 0 Å². The summed E-state index contributed by atoms with van der Waals surface area (Å²) in [6, 6.07) is 12.2. The van der Waals surface area contributed by atoms with E-state index in [0.29, 0.717) is 29.3 Å². The second-order valence-corrected chi connectivity index (χ2v) is 9.25. The Morgan fingerprint density at radius 1 is 1.06 bits per heavy atom. The predicted molar refractivity (Wildman–Crippen MR) is 125 cm³/mol. The first-order chi connectivity index (χ1) is 14.7. The van der Waals surface area contributed by atoms with E-state index < -0.39 is 10.0 Å². The lowest BCUT2D eigenvalue weighted by molar-refractivity contribution is 0.445. The zero-order valence-electron chi connectivity index (χ0n) is 18.3. The van der Waals surface area contributed by atoms with Crippen LogP contribution in [0.15, 0.2) is 52.2 Å². The molecule has 8 heteroatoms. The summed E-state index contributed by atoms with van der Waals surface area (Å²) in [6.07, 6.45) is 1.58. The first kappa shape index (κ1) is 22.6. The number of rotatable bonds is 7. The lowest BCUT2D eigenvalue weighted by Crippen LogP contribution is -2.34. The Balaban J connectivity index is 1.89. The number of aryl methyl sites for hydroxylation is 2. The van der Waals surface area contributed by atoms with E-state index in [-0.39, 0.29) is 10.5 Å². The minimum absolute atomic E-state index is 0.221. The van der Waals surface area contributed by atoms with Gasteiger partial charge in [-0.15, -0.1) is 0 Å². The Labute approximate surface area is 182 Å². The number of aromatic nitrogens is 2. The van der Waals surface area contributed by atoms with Gasteiger partial charge >= 0.3 is 0 Å². The Bertz CT molecular complexity index is 1350. The normalized spacial score (nSPS) is 12.5. The maximum atomic E-state index is 12.9. The van der Waals surface area contributed by atoms with Crippen molar-refractivity contribution >= 4 is 28.5 Å². The number of sulfonamides is 1. The van der Waals surface area contributed by atoms with Crippen molar-refractivity contribution in [2.75, 3.05) is 18.4 Å². The van der Waals surface area contributed by atoms with Gasteiger partial charge in [0.15, 0.2) is 0 Å². The lowest BCUT2D eigenvalue weighted by atomic mass is 10.1. The molecule has 0 spiro atoms. The van der Waals surface area contributed by atoms with Gasteiger partial charge in [-0.25, -0.2) is 13.1 Å². The largest absolute Gasteiger partial charge is 0.361 e. The van der Waals surface area contributed by atoms with Crippen molar-refractivity contribution in [2.24, 2.45) is 0 Å². The zero-order chi connectivity index (χ0) is 22.8. The number of H-pyrrole nitrogens is 1. The van der Waals surface area contributed by atoms with Gasteiger partial charge in [-0.05, 0) is 61.4 Å². The summed E-state index contributed by atoms with van der Waals surface area (Å²) in [4.78, 5) is 13.1. The fraction of sp³-hybridized carbons (Fsp3) is 0.261. The molecule has 2 aromatic carbocycles. The first-order valence-corrected chi connectivity index (χ1v) is 11.6. The maximum Gasteiger partial charge on any atom is 0.280 e. The number of hydrogen-bond acceptors (Lipinski definition) is 4. The van der Waals surface area contributed by atoms with E-state index >= 15 is 0 Å². The molecule has 0 saturated carbocycles. The van der Waals surface area contributed by atoms with Crippen molar-refractivity contribution in [1.82, 2.24) is 14.1 Å². The molecule has 0 unspecified atom stereocenters. The molecule has 31 heavy (non-hydrogen) atoms. The Kier molecular flexibility index (Phi) is 6.52. The SMILES string of the molecule is C=c1[nH]n(-c2ccc(C)c(C)c2)c(=O)/c1=C\Nc1ccc(S(=O)(=O)N(CC)CC)cc1. The average molecular weight is 441 g/mol. The van der Waals surface area contributed by atoms with Crippen molar-refractivity contribution < 1.29 is 8.42 Å². The average Bonchev–Trinajstić information content (AvgIpc) is 3.03. The number of hydrogen-bond donors (Lipinski definition) is 2. The minimum Gasteiger partial charge on any atom is -0.361 e. The van der Waals surface area contributed by atoms with Gasteiger partial charge in [0.25, 0.3) is 5.56 Å². The van der Waals surface area contributed by atoms with Crippen LogP contribution in [0.2, 0.25) is 0 Å². The van der Waals surface area contributed by atoms with Gasteiger partial charge in [0, 0.05) is 25.0 Å². The van der Waals surface area contributed by atoms with Gasteiger partial charge < -0.3 is 5.32 Å². The summed E-state index contributed by atoms with van der Waals surface area (Å²) in [5, 5.41) is 6.94. The highest BCUT2D eigenvalue weighted by molar-refractivity contribution is 7.89. The first-order valence-electron chi connectivity index (χ1n) is 10.1. The number of aromatic amines is 1. The standard InChI is InChI=1S/C23H28N4O3S/c1-6-26(7-2)31(29,30)21-12-9-19(10-13-21)24-15-22-18(5)25-27(23(22)28)20-11-8-16(3)17(4)14-20/h8-15,24-25H,5-7H2,1-4H3/b22-15-. The van der Waals surface area contributed by atoms with Crippen molar-refractivity contribution in [1.29, 1.82) is 0 Å². The second kappa shape index (κ2) is 8.95. The molecule has 0 aliphatic carbocycles. The summed E-state index contributed by atoms with van der Waals surface area (Å²) in [6.45, 7) is 12.4. The minimum atomic E-state index is -3.51. The van der Waals surface area contributed by atoms with E-state index in [1.165, 1.54) is 8.99 Å². The number of nitrogens with one attached hydrogen (secondary N) is 2. The molecule has 0 atom stereocenters. The molecule has 0 fully saturated rings. The van der Waals surface area contributed by atoms with Gasteiger partial charge in [0.05, 0.1) is 21.2 Å². The monoisotopic (exact) mass is 440 g/mol. The molecule has 1 aromatic heterocycles. The Hall–Kier alpha value is -3.10. The van der Waals surface area contributed by atoms with Gasteiger partial charge in [-0.1, -0.05) is 26.5 Å². The maximum absolute atomic E-state index is 12.9. The molecule has 7 nitrogen and oxygen atoms in total. The highest BCUT2D eigenvalue weighted by Crippen LogP contribution is 2.18. The van der Waals surface area contributed by atoms with Crippen molar-refractivity contribution in [2.45, 2.75) is 32.6 Å². The van der Waals surface area contributed by atoms with Crippen LogP contribution in [0, 0.1) is 13.8 Å². The van der Waals surface area contributed by atoms with Crippen LogP contribution < -0.4 is 21.4 Å². The summed E-state index contributed by atoms with van der Waals surface area (Å²) < 4.78 is 28.1. The molecule has 3 aromatic rings. The third-order valence-electron chi connectivity index (χ3n) is 5.33. The molecule has 1 heterocycles. The summed E-state index contributed by atoms with van der Waals surface area (Å²) in [7, 11) is -3.51. The Morgan fingerprint density at radius 2 is 1.71 bits per heavy atom. The van der Waals surface area contributed by atoms with Crippen molar-refractivity contribution in [3.8, 4) is 5.69 Å². The van der Waals surface area contributed by atoms with Crippen LogP contribution in [0.4, 0.5) is 5.69 Å². The van der Waals surface area contributed by atoms with E-state index in [2.05, 4.69) is 17.0 Å². The number of benzene rings is 2. The van der Waals surface area contributed by atoms with Crippen molar-refractivity contribution in [3.63, 3.8) is 0 Å². The van der Waals surface area contributed by atoms with Gasteiger partial charge in [0.2, 0.25) is 10.0 Å². The molecule has 0 saturated heterocycles. The highest BCUT2D eigenvalue weighted by atomic mass is 32.2. The molecule has 2 N–H and O–H groups in total. The van der Waals surface area contributed by atoms with Crippen LogP contribution in [-0.2, 0) is 10.0 Å². The lowest BCUT2D eigenvalue weighted by Gasteiger charge is -2.18. The second-order valence-electron chi connectivity index (χ2n) is 7.32. The number of nitrogens with zero attached hydrogens (tertiary/aromatic N) is 2. The van der Waals surface area contributed by atoms with Crippen LogP contribution in [0.25, 0.3) is 18.5 Å². The smallest absolute Gasteiger partial charge is 0.280 e. The van der Waals surface area contributed by atoms with Crippen LogP contribution >= 0.6 is 0 Å². The molecule has 0 amide bonds. The summed E-state index contributed by atoms with van der Waals surface area (Å²) >= 11 is 0. The third-order valence-corrected chi connectivity index (χ3v) is 7.40. The predicted octanol–water partition coefficient (Wildman–Crippen LogP) is 2.07. The molecular weight excluding hydrogens is 412 g/mol. The van der Waals surface area contributed by atoms with E-state index in [4.69, 9.17) is 0 Å². The molecule has 0 bridgehead atoms.